The monoisotopic (exact) mass is 725 g/mol. The van der Waals surface area contributed by atoms with Crippen molar-refractivity contribution in [2.75, 3.05) is 29.9 Å². The first-order chi connectivity index (χ1) is 25.9. The summed E-state index contributed by atoms with van der Waals surface area (Å²) in [6.45, 7) is 7.60. The van der Waals surface area contributed by atoms with Crippen LogP contribution in [0, 0.1) is 11.3 Å². The number of benzene rings is 3. The van der Waals surface area contributed by atoms with E-state index in [1.54, 1.807) is 24.3 Å². The van der Waals surface area contributed by atoms with Crippen LogP contribution in [0.15, 0.2) is 48.5 Å². The molecule has 4 aromatic rings. The van der Waals surface area contributed by atoms with Gasteiger partial charge in [-0.25, -0.2) is 0 Å². The summed E-state index contributed by atoms with van der Waals surface area (Å²) in [5, 5.41) is 18.6. The van der Waals surface area contributed by atoms with Gasteiger partial charge in [0.05, 0.1) is 34.9 Å². The molecule has 2 saturated heterocycles. The van der Waals surface area contributed by atoms with Crippen LogP contribution in [0.4, 0.5) is 11.4 Å². The fourth-order valence-electron chi connectivity index (χ4n) is 8.54. The molecule has 54 heavy (non-hydrogen) atoms. The summed E-state index contributed by atoms with van der Waals surface area (Å²) in [6.07, 6.45) is 2.24. The molecule has 13 nitrogen and oxygen atoms in total. The number of fused-ring (bicyclic) bond motifs is 5. The molecule has 2 fully saturated rings. The molecule has 3 aliphatic heterocycles. The summed E-state index contributed by atoms with van der Waals surface area (Å²) in [5.41, 5.74) is 6.70. The first-order valence-corrected chi connectivity index (χ1v) is 18.3. The van der Waals surface area contributed by atoms with Gasteiger partial charge in [-0.1, -0.05) is 32.9 Å². The molecule has 8 rings (SSSR count). The zero-order chi connectivity index (χ0) is 38.1. The largest absolute Gasteiger partial charge is 0.375 e. The van der Waals surface area contributed by atoms with E-state index < -0.39 is 35.1 Å². The summed E-state index contributed by atoms with van der Waals surface area (Å²) in [6, 6.07) is 15.4. The van der Waals surface area contributed by atoms with Crippen LogP contribution in [0.5, 0.6) is 0 Å². The van der Waals surface area contributed by atoms with E-state index in [0.717, 1.165) is 44.7 Å². The lowest BCUT2D eigenvalue weighted by Gasteiger charge is -2.38. The molecule has 1 aliphatic carbocycles. The Labute approximate surface area is 311 Å². The van der Waals surface area contributed by atoms with Gasteiger partial charge in [-0.05, 0) is 73.2 Å². The summed E-state index contributed by atoms with van der Waals surface area (Å²) in [5.74, 6) is -2.66. The molecule has 0 spiro atoms. The van der Waals surface area contributed by atoms with Crippen LogP contribution in [0.25, 0.3) is 10.9 Å². The molecule has 0 radical (unpaired) electrons. The van der Waals surface area contributed by atoms with Crippen LogP contribution < -0.4 is 20.9 Å². The van der Waals surface area contributed by atoms with Crippen LogP contribution in [0.1, 0.15) is 105 Å². The maximum atomic E-state index is 14.1. The van der Waals surface area contributed by atoms with Crippen molar-refractivity contribution in [3.8, 4) is 6.07 Å². The topological polar surface area (TPSA) is 185 Å². The van der Waals surface area contributed by atoms with E-state index in [9.17, 15) is 34.0 Å². The highest BCUT2D eigenvalue weighted by Crippen LogP contribution is 2.46. The number of rotatable bonds is 7. The van der Waals surface area contributed by atoms with E-state index in [-0.39, 0.29) is 48.2 Å². The van der Waals surface area contributed by atoms with Gasteiger partial charge < -0.3 is 20.5 Å². The predicted octanol–water partition coefficient (Wildman–Crippen LogP) is 4.07. The van der Waals surface area contributed by atoms with Gasteiger partial charge in [0.1, 0.15) is 6.04 Å². The number of nitrogens with one attached hydrogen (secondary N) is 4. The fraction of sp³-hybridized carbons (Fsp3) is 0.341. The Balaban J connectivity index is 0.932. The summed E-state index contributed by atoms with van der Waals surface area (Å²) >= 11 is 0. The number of amides is 5. The minimum Gasteiger partial charge on any atom is -0.375 e. The zero-order valence-corrected chi connectivity index (χ0v) is 30.2. The first kappa shape index (κ1) is 34.8. The lowest BCUT2D eigenvalue weighted by molar-refractivity contribution is -0.136. The number of hydrogen-bond acceptors (Lipinski definition) is 9. The van der Waals surface area contributed by atoms with Crippen molar-refractivity contribution < 1.29 is 28.8 Å². The number of aromatic nitrogens is 1. The number of piperidine rings is 2. The average molecular weight is 726 g/mol. The van der Waals surface area contributed by atoms with E-state index in [2.05, 4.69) is 58.7 Å². The first-order valence-electron chi connectivity index (χ1n) is 18.3. The Hall–Kier alpha value is -6.29. The number of H-pyrrole nitrogens is 1. The number of aromatic amines is 1. The third-order valence-electron chi connectivity index (χ3n) is 11.4. The van der Waals surface area contributed by atoms with Crippen LogP contribution in [0.2, 0.25) is 0 Å². The van der Waals surface area contributed by atoms with Crippen molar-refractivity contribution in [3.05, 3.63) is 93.2 Å². The van der Waals surface area contributed by atoms with Crippen LogP contribution in [0.3, 0.4) is 0 Å². The molecule has 0 saturated carbocycles. The van der Waals surface area contributed by atoms with E-state index in [1.807, 2.05) is 12.1 Å². The number of nitriles is 1. The number of hydrogen-bond donors (Lipinski definition) is 4. The second kappa shape index (κ2) is 13.0. The Morgan fingerprint density at radius 2 is 1.74 bits per heavy atom. The number of carbonyl (C=O) groups is 6. The zero-order valence-electron chi connectivity index (χ0n) is 30.2. The third kappa shape index (κ3) is 5.52. The fourth-order valence-corrected chi connectivity index (χ4v) is 8.54. The lowest BCUT2D eigenvalue weighted by atomic mass is 9.70. The van der Waals surface area contributed by atoms with Gasteiger partial charge in [-0.15, -0.1) is 0 Å². The van der Waals surface area contributed by atoms with E-state index in [4.69, 9.17) is 0 Å². The van der Waals surface area contributed by atoms with E-state index in [0.29, 0.717) is 48.3 Å². The second-order valence-corrected chi connectivity index (χ2v) is 14.9. The minimum absolute atomic E-state index is 0.0189. The molecule has 274 valence electrons. The van der Waals surface area contributed by atoms with Crippen molar-refractivity contribution in [1.82, 2.24) is 20.5 Å². The second-order valence-electron chi connectivity index (χ2n) is 14.9. The molecule has 1 aromatic heterocycles. The average Bonchev–Trinajstić information content (AvgIpc) is 3.68. The van der Waals surface area contributed by atoms with Crippen molar-refractivity contribution in [1.29, 1.82) is 5.26 Å². The van der Waals surface area contributed by atoms with Gasteiger partial charge in [0.15, 0.2) is 5.78 Å². The molecular weight excluding hydrogens is 686 g/mol. The van der Waals surface area contributed by atoms with Crippen molar-refractivity contribution in [2.45, 2.75) is 70.4 Å². The number of ketones is 1. The van der Waals surface area contributed by atoms with Crippen LogP contribution >= 0.6 is 0 Å². The van der Waals surface area contributed by atoms with Crippen molar-refractivity contribution in [3.63, 3.8) is 0 Å². The maximum absolute atomic E-state index is 14.1. The van der Waals surface area contributed by atoms with Crippen molar-refractivity contribution in [2.24, 2.45) is 0 Å². The molecule has 4 aliphatic rings. The Kier molecular flexibility index (Phi) is 8.36. The molecule has 4 heterocycles. The van der Waals surface area contributed by atoms with Gasteiger partial charge in [-0.2, -0.15) is 5.26 Å². The number of imide groups is 2. The lowest BCUT2D eigenvalue weighted by Crippen LogP contribution is -2.54. The smallest absolute Gasteiger partial charge is 0.264 e. The number of anilines is 2. The molecule has 13 heteroatoms. The molecule has 4 N–H and O–H groups in total. The highest BCUT2D eigenvalue weighted by atomic mass is 16.2. The minimum atomic E-state index is -1.08. The van der Waals surface area contributed by atoms with E-state index in [1.165, 1.54) is 6.07 Å². The van der Waals surface area contributed by atoms with Gasteiger partial charge in [0.25, 0.3) is 11.8 Å². The Bertz CT molecular complexity index is 2380. The highest BCUT2D eigenvalue weighted by molar-refractivity contribution is 6.25. The van der Waals surface area contributed by atoms with E-state index >= 15 is 0 Å². The van der Waals surface area contributed by atoms with Crippen LogP contribution in [-0.4, -0.2) is 76.9 Å². The third-order valence-corrected chi connectivity index (χ3v) is 11.4. The molecule has 0 bridgehead atoms. The Morgan fingerprint density at radius 1 is 0.963 bits per heavy atom. The van der Waals surface area contributed by atoms with Gasteiger partial charge in [0.2, 0.25) is 17.7 Å². The highest BCUT2D eigenvalue weighted by Gasteiger charge is 2.46. The molecule has 1 unspecified atom stereocenters. The van der Waals surface area contributed by atoms with Crippen LogP contribution in [-0.2, 0) is 26.2 Å². The standard InChI is InChI=1S/C41H39N7O6/c1-4-22-17-26-27(41(2,3)37-35(36(26)51)24-9-8-21(19-42)16-29(24)45-37)18-31(22)47-14-12-23(13-15-47)44-33(50)20-43-28-7-5-6-25-34(28)40(54)48(39(25)53)30-10-11-32(49)46-38(30)52/h5-9,16-18,23,30,43,45H,4,10-15,20H2,1-3H3,(H,44,50)(H,46,49,52). The number of carbonyl (C=O) groups excluding carboxylic acids is 6. The van der Waals surface area contributed by atoms with Gasteiger partial charge in [0, 0.05) is 64.5 Å². The van der Waals surface area contributed by atoms with Gasteiger partial charge >= 0.3 is 0 Å². The van der Waals surface area contributed by atoms with Crippen molar-refractivity contribution >= 4 is 57.6 Å². The van der Waals surface area contributed by atoms with Gasteiger partial charge in [-0.3, -0.25) is 39.0 Å². The summed E-state index contributed by atoms with van der Waals surface area (Å²) < 4.78 is 0. The molecule has 5 amide bonds. The quantitative estimate of drug-likeness (QED) is 0.204. The molecule has 3 aromatic carbocycles. The SMILES string of the molecule is CCc1cc2c(cc1N1CCC(NC(=O)CNc3cccc4c3C(=O)N(C3CCC(=O)NC3=O)C4=O)CC1)C(C)(C)c1[nH]c3cc(C#N)ccc3c1C2=O. The molecule has 1 atom stereocenters. The predicted molar refractivity (Wildman–Crippen MR) is 199 cm³/mol. The Morgan fingerprint density at radius 3 is 2.46 bits per heavy atom. The molecular formula is C41H39N7O6. The number of nitrogens with zero attached hydrogens (tertiary/aromatic N) is 3. The normalized spacial score (nSPS) is 19.3. The summed E-state index contributed by atoms with van der Waals surface area (Å²) in [4.78, 5) is 84.6. The maximum Gasteiger partial charge on any atom is 0.264 e. The summed E-state index contributed by atoms with van der Waals surface area (Å²) in [7, 11) is 0. The number of aryl methyl sites for hydroxylation is 1.